The van der Waals surface area contributed by atoms with E-state index in [0.717, 1.165) is 19.4 Å². The molecule has 1 N–H and O–H groups in total. The lowest BCUT2D eigenvalue weighted by Gasteiger charge is -2.13. The molecule has 0 radical (unpaired) electrons. The molecule has 0 aliphatic carbocycles. The maximum absolute atomic E-state index is 13.4. The number of nitriles is 1. The van der Waals surface area contributed by atoms with Crippen LogP contribution in [0, 0.1) is 23.1 Å². The van der Waals surface area contributed by atoms with Crippen molar-refractivity contribution in [3.63, 3.8) is 0 Å². The van der Waals surface area contributed by atoms with E-state index >= 15 is 0 Å². The maximum Gasteiger partial charge on any atom is 0.127 e. The number of hydrogen-bond acceptors (Lipinski definition) is 2. The van der Waals surface area contributed by atoms with Crippen molar-refractivity contribution in [2.45, 2.75) is 33.2 Å². The number of rotatable bonds is 6. The third-order valence-corrected chi connectivity index (χ3v) is 3.08. The van der Waals surface area contributed by atoms with Gasteiger partial charge in [-0.15, -0.1) is 0 Å². The van der Waals surface area contributed by atoms with Gasteiger partial charge in [0.05, 0.1) is 11.6 Å². The third-order valence-electron chi connectivity index (χ3n) is 3.08. The third kappa shape index (κ3) is 4.16. The summed E-state index contributed by atoms with van der Waals surface area (Å²) in [5.74, 6) is 0.387. The van der Waals surface area contributed by atoms with Gasteiger partial charge in [-0.25, -0.2) is 4.39 Å². The summed E-state index contributed by atoms with van der Waals surface area (Å²) >= 11 is 0. The zero-order chi connectivity index (χ0) is 12.7. The highest BCUT2D eigenvalue weighted by Crippen LogP contribution is 2.11. The van der Waals surface area contributed by atoms with Crippen LogP contribution in [-0.4, -0.2) is 6.54 Å². The Labute approximate surface area is 102 Å². The molecular weight excluding hydrogens is 215 g/mol. The first-order chi connectivity index (χ1) is 8.21. The molecule has 0 bridgehead atoms. The zero-order valence-electron chi connectivity index (χ0n) is 10.5. The van der Waals surface area contributed by atoms with Crippen molar-refractivity contribution in [3.05, 3.63) is 35.1 Å². The predicted molar refractivity (Wildman–Crippen MR) is 66.9 cm³/mol. The monoisotopic (exact) mass is 234 g/mol. The van der Waals surface area contributed by atoms with Gasteiger partial charge in [0, 0.05) is 12.1 Å². The number of nitrogens with one attached hydrogen (secondary N) is 1. The molecule has 92 valence electrons. The molecule has 1 rings (SSSR count). The highest BCUT2D eigenvalue weighted by molar-refractivity contribution is 5.33. The van der Waals surface area contributed by atoms with Gasteiger partial charge >= 0.3 is 0 Å². The van der Waals surface area contributed by atoms with E-state index in [1.165, 1.54) is 12.1 Å². The molecule has 0 spiro atoms. The predicted octanol–water partition coefficient (Wildman–Crippen LogP) is 3.22. The van der Waals surface area contributed by atoms with Crippen molar-refractivity contribution in [3.8, 4) is 6.07 Å². The second kappa shape index (κ2) is 7.03. The van der Waals surface area contributed by atoms with Crippen molar-refractivity contribution >= 4 is 0 Å². The van der Waals surface area contributed by atoms with Crippen LogP contribution in [0.2, 0.25) is 0 Å². The van der Waals surface area contributed by atoms with Crippen LogP contribution in [-0.2, 0) is 6.54 Å². The summed E-state index contributed by atoms with van der Waals surface area (Å²) in [6.07, 6.45) is 2.26. The molecule has 0 fully saturated rings. The van der Waals surface area contributed by atoms with Gasteiger partial charge in [0.1, 0.15) is 5.82 Å². The minimum absolute atomic E-state index is 0.249. The Morgan fingerprint density at radius 1 is 1.35 bits per heavy atom. The van der Waals surface area contributed by atoms with E-state index < -0.39 is 0 Å². The van der Waals surface area contributed by atoms with Crippen LogP contribution in [0.25, 0.3) is 0 Å². The number of nitrogens with zero attached hydrogens (tertiary/aromatic N) is 1. The smallest absolute Gasteiger partial charge is 0.127 e. The van der Waals surface area contributed by atoms with Gasteiger partial charge in [0.25, 0.3) is 0 Å². The highest BCUT2D eigenvalue weighted by atomic mass is 19.1. The van der Waals surface area contributed by atoms with Crippen LogP contribution in [0.4, 0.5) is 4.39 Å². The van der Waals surface area contributed by atoms with E-state index in [1.807, 2.05) is 6.07 Å². The van der Waals surface area contributed by atoms with Gasteiger partial charge in [-0.1, -0.05) is 26.7 Å². The quantitative estimate of drug-likeness (QED) is 0.820. The molecule has 3 heteroatoms. The molecule has 0 heterocycles. The van der Waals surface area contributed by atoms with Gasteiger partial charge < -0.3 is 5.32 Å². The van der Waals surface area contributed by atoms with Gasteiger partial charge in [-0.05, 0) is 30.7 Å². The molecule has 0 saturated carbocycles. The second-order valence-corrected chi connectivity index (χ2v) is 4.23. The molecule has 0 saturated heterocycles. The molecule has 0 aromatic heterocycles. The van der Waals surface area contributed by atoms with Crippen molar-refractivity contribution in [2.24, 2.45) is 5.92 Å². The zero-order valence-corrected chi connectivity index (χ0v) is 10.5. The minimum Gasteiger partial charge on any atom is -0.312 e. The van der Waals surface area contributed by atoms with Crippen LogP contribution >= 0.6 is 0 Å². The summed E-state index contributed by atoms with van der Waals surface area (Å²) in [5.41, 5.74) is 1.07. The largest absolute Gasteiger partial charge is 0.312 e. The standard InChI is InChI=1S/C14H19FN2/c1-3-11(4-2)9-17-10-13-7-12(8-16)5-6-14(13)15/h5-7,11,17H,3-4,9-10H2,1-2H3. The van der Waals surface area contributed by atoms with Crippen LogP contribution in [0.3, 0.4) is 0 Å². The highest BCUT2D eigenvalue weighted by Gasteiger charge is 2.06. The average molecular weight is 234 g/mol. The number of benzene rings is 1. The molecule has 1 aromatic rings. The van der Waals surface area contributed by atoms with Gasteiger partial charge in [-0.3, -0.25) is 0 Å². The van der Waals surface area contributed by atoms with E-state index in [0.29, 0.717) is 23.6 Å². The van der Waals surface area contributed by atoms with E-state index in [4.69, 9.17) is 5.26 Å². The van der Waals surface area contributed by atoms with Crippen LogP contribution in [0.15, 0.2) is 18.2 Å². The summed E-state index contributed by atoms with van der Waals surface area (Å²) in [6, 6.07) is 6.48. The summed E-state index contributed by atoms with van der Waals surface area (Å²) < 4.78 is 13.4. The molecule has 1 aromatic carbocycles. The normalized spacial score (nSPS) is 10.5. The van der Waals surface area contributed by atoms with Gasteiger partial charge in [0.15, 0.2) is 0 Å². The molecule has 0 unspecified atom stereocenters. The van der Waals surface area contributed by atoms with E-state index in [1.54, 1.807) is 6.07 Å². The fourth-order valence-corrected chi connectivity index (χ4v) is 1.77. The summed E-state index contributed by atoms with van der Waals surface area (Å²) in [6.45, 7) is 5.69. The Bertz CT molecular complexity index is 392. The lowest BCUT2D eigenvalue weighted by molar-refractivity contribution is 0.446. The molecule has 0 aliphatic rings. The number of halogens is 1. The maximum atomic E-state index is 13.4. The van der Waals surface area contributed by atoms with E-state index in [-0.39, 0.29) is 5.82 Å². The SMILES string of the molecule is CCC(CC)CNCc1cc(C#N)ccc1F. The summed E-state index contributed by atoms with van der Waals surface area (Å²) in [7, 11) is 0. The van der Waals surface area contributed by atoms with Crippen LogP contribution in [0.1, 0.15) is 37.8 Å². The van der Waals surface area contributed by atoms with E-state index in [2.05, 4.69) is 19.2 Å². The first-order valence-corrected chi connectivity index (χ1v) is 6.10. The first kappa shape index (κ1) is 13.7. The van der Waals surface area contributed by atoms with Crippen molar-refractivity contribution in [1.29, 1.82) is 5.26 Å². The van der Waals surface area contributed by atoms with Crippen LogP contribution < -0.4 is 5.32 Å². The van der Waals surface area contributed by atoms with Crippen molar-refractivity contribution < 1.29 is 4.39 Å². The van der Waals surface area contributed by atoms with Crippen molar-refractivity contribution in [2.75, 3.05) is 6.54 Å². The van der Waals surface area contributed by atoms with Gasteiger partial charge in [0.2, 0.25) is 0 Å². The van der Waals surface area contributed by atoms with Crippen LogP contribution in [0.5, 0.6) is 0 Å². The molecule has 2 nitrogen and oxygen atoms in total. The summed E-state index contributed by atoms with van der Waals surface area (Å²) in [5, 5.41) is 12.0. The lowest BCUT2D eigenvalue weighted by atomic mass is 10.0. The van der Waals surface area contributed by atoms with Crippen molar-refractivity contribution in [1.82, 2.24) is 5.32 Å². The van der Waals surface area contributed by atoms with E-state index in [9.17, 15) is 4.39 Å². The van der Waals surface area contributed by atoms with Gasteiger partial charge in [-0.2, -0.15) is 5.26 Å². The fraction of sp³-hybridized carbons (Fsp3) is 0.500. The molecule has 0 amide bonds. The fourth-order valence-electron chi connectivity index (χ4n) is 1.77. The molecule has 0 atom stereocenters. The Balaban J connectivity index is 2.54. The Hall–Kier alpha value is -1.40. The molecular formula is C14H19FN2. The average Bonchev–Trinajstić information content (AvgIpc) is 2.36. The topological polar surface area (TPSA) is 35.8 Å². The Morgan fingerprint density at radius 3 is 2.65 bits per heavy atom. The minimum atomic E-state index is -0.249. The summed E-state index contributed by atoms with van der Waals surface area (Å²) in [4.78, 5) is 0. The second-order valence-electron chi connectivity index (χ2n) is 4.23. The number of hydrogen-bond donors (Lipinski definition) is 1. The lowest BCUT2D eigenvalue weighted by Crippen LogP contribution is -2.22. The molecule has 0 aliphatic heterocycles. The molecule has 17 heavy (non-hydrogen) atoms. The Kier molecular flexibility index (Phi) is 5.65. The first-order valence-electron chi connectivity index (χ1n) is 6.10. The Morgan fingerprint density at radius 2 is 2.06 bits per heavy atom.